The van der Waals surface area contributed by atoms with Gasteiger partial charge < -0.3 is 14.8 Å². The van der Waals surface area contributed by atoms with Crippen LogP contribution in [0.1, 0.15) is 47.3 Å². The molecule has 1 amide bonds. The molecule has 1 aliphatic heterocycles. The van der Waals surface area contributed by atoms with E-state index >= 15 is 0 Å². The van der Waals surface area contributed by atoms with Crippen LogP contribution < -0.4 is 14.8 Å². The van der Waals surface area contributed by atoms with Crippen molar-refractivity contribution in [3.8, 4) is 11.5 Å². The lowest BCUT2D eigenvalue weighted by atomic mass is 10.0. The Morgan fingerprint density at radius 3 is 2.40 bits per heavy atom. The first kappa shape index (κ1) is 22.1. The minimum Gasteiger partial charge on any atom is -0.497 e. The molecule has 1 fully saturated rings. The van der Waals surface area contributed by atoms with Gasteiger partial charge in [0.15, 0.2) is 0 Å². The molecule has 162 valence electrons. The quantitative estimate of drug-likeness (QED) is 0.726. The molecular formula is C22H28N2O5S. The fraction of sp³-hybridized carbons (Fsp3) is 0.409. The fourth-order valence-electron chi connectivity index (χ4n) is 3.61. The summed E-state index contributed by atoms with van der Waals surface area (Å²) in [5.41, 5.74) is 1.81. The number of hydrogen-bond acceptors (Lipinski definition) is 5. The predicted molar refractivity (Wildman–Crippen MR) is 115 cm³/mol. The Morgan fingerprint density at radius 1 is 1.07 bits per heavy atom. The number of hydrogen-bond donors (Lipinski definition) is 1. The van der Waals surface area contributed by atoms with Crippen molar-refractivity contribution >= 4 is 15.9 Å². The largest absolute Gasteiger partial charge is 0.497 e. The second kappa shape index (κ2) is 9.06. The Kier molecular flexibility index (Phi) is 6.67. The van der Waals surface area contributed by atoms with Crippen molar-refractivity contribution in [1.29, 1.82) is 0 Å². The number of benzene rings is 2. The van der Waals surface area contributed by atoms with E-state index in [2.05, 4.69) is 5.32 Å². The maximum absolute atomic E-state index is 13.0. The van der Waals surface area contributed by atoms with Gasteiger partial charge in [0.2, 0.25) is 10.0 Å². The van der Waals surface area contributed by atoms with E-state index in [-0.39, 0.29) is 16.8 Å². The standard InChI is InChI=1S/C22H28N2O5S/c1-15-7-9-18(30(26,27)24-11-5-6-12-24)14-19(15)22(25)23-16(2)20-13-17(28-3)8-10-21(20)29-4/h7-10,13-14,16H,5-6,11-12H2,1-4H3,(H,23,25)/t16-/m1/s1. The second-order valence-corrected chi connectivity index (χ2v) is 9.33. The third-order valence-electron chi connectivity index (χ3n) is 5.41. The molecular weight excluding hydrogens is 404 g/mol. The van der Waals surface area contributed by atoms with Gasteiger partial charge in [-0.1, -0.05) is 6.07 Å². The van der Waals surface area contributed by atoms with Gasteiger partial charge in [0.1, 0.15) is 11.5 Å². The summed E-state index contributed by atoms with van der Waals surface area (Å²) >= 11 is 0. The minimum atomic E-state index is -3.59. The van der Waals surface area contributed by atoms with Crippen LogP contribution in [0, 0.1) is 6.92 Å². The number of nitrogens with zero attached hydrogens (tertiary/aromatic N) is 1. The summed E-state index contributed by atoms with van der Waals surface area (Å²) in [4.78, 5) is 13.2. The highest BCUT2D eigenvalue weighted by atomic mass is 32.2. The Morgan fingerprint density at radius 2 is 1.77 bits per heavy atom. The van der Waals surface area contributed by atoms with Crippen molar-refractivity contribution in [1.82, 2.24) is 9.62 Å². The van der Waals surface area contributed by atoms with E-state index < -0.39 is 10.0 Å². The van der Waals surface area contributed by atoms with Crippen LogP contribution in [-0.4, -0.2) is 45.9 Å². The summed E-state index contributed by atoms with van der Waals surface area (Å²) in [6, 6.07) is 9.71. The molecule has 2 aromatic carbocycles. The zero-order valence-electron chi connectivity index (χ0n) is 17.8. The molecule has 0 saturated carbocycles. The van der Waals surface area contributed by atoms with Gasteiger partial charge in [-0.15, -0.1) is 0 Å². The van der Waals surface area contributed by atoms with E-state index in [1.54, 1.807) is 45.4 Å². The van der Waals surface area contributed by atoms with Crippen molar-refractivity contribution in [2.45, 2.75) is 37.6 Å². The van der Waals surface area contributed by atoms with Gasteiger partial charge in [-0.3, -0.25) is 4.79 Å². The van der Waals surface area contributed by atoms with Gasteiger partial charge in [-0.2, -0.15) is 4.31 Å². The molecule has 1 N–H and O–H groups in total. The molecule has 3 rings (SSSR count). The van der Waals surface area contributed by atoms with Gasteiger partial charge in [-0.05, 0) is 62.6 Å². The maximum Gasteiger partial charge on any atom is 0.252 e. The number of aryl methyl sites for hydroxylation is 1. The summed E-state index contributed by atoms with van der Waals surface area (Å²) in [5.74, 6) is 0.941. The summed E-state index contributed by atoms with van der Waals surface area (Å²) in [6.45, 7) is 4.67. The highest BCUT2D eigenvalue weighted by molar-refractivity contribution is 7.89. The monoisotopic (exact) mass is 432 g/mol. The van der Waals surface area contributed by atoms with Crippen molar-refractivity contribution in [2.75, 3.05) is 27.3 Å². The highest BCUT2D eigenvalue weighted by Gasteiger charge is 2.28. The Hall–Kier alpha value is -2.58. The van der Waals surface area contributed by atoms with Gasteiger partial charge in [0, 0.05) is 24.2 Å². The molecule has 0 aliphatic carbocycles. The van der Waals surface area contributed by atoms with E-state index in [0.29, 0.717) is 35.7 Å². The van der Waals surface area contributed by atoms with E-state index in [9.17, 15) is 13.2 Å². The molecule has 0 unspecified atom stereocenters. The SMILES string of the molecule is COc1ccc(OC)c([C@@H](C)NC(=O)c2cc(S(=O)(=O)N3CCCC3)ccc2C)c1. The second-order valence-electron chi connectivity index (χ2n) is 7.39. The molecule has 1 saturated heterocycles. The lowest BCUT2D eigenvalue weighted by Gasteiger charge is -2.20. The zero-order chi connectivity index (χ0) is 21.9. The number of carbonyl (C=O) groups is 1. The average molecular weight is 433 g/mol. The smallest absolute Gasteiger partial charge is 0.252 e. The van der Waals surface area contributed by atoms with Crippen molar-refractivity contribution in [3.63, 3.8) is 0 Å². The minimum absolute atomic E-state index is 0.145. The molecule has 1 atom stereocenters. The summed E-state index contributed by atoms with van der Waals surface area (Å²) in [5, 5.41) is 2.94. The topological polar surface area (TPSA) is 84.9 Å². The Bertz CT molecular complexity index is 1030. The fourth-order valence-corrected chi connectivity index (χ4v) is 5.16. The van der Waals surface area contributed by atoms with Crippen LogP contribution in [0.4, 0.5) is 0 Å². The molecule has 8 heteroatoms. The molecule has 0 radical (unpaired) electrons. The third kappa shape index (κ3) is 4.44. The molecule has 0 spiro atoms. The third-order valence-corrected chi connectivity index (χ3v) is 7.30. The lowest BCUT2D eigenvalue weighted by molar-refractivity contribution is 0.0938. The summed E-state index contributed by atoms with van der Waals surface area (Å²) in [7, 11) is -0.455. The van der Waals surface area contributed by atoms with Crippen LogP contribution in [-0.2, 0) is 10.0 Å². The van der Waals surface area contributed by atoms with Crippen LogP contribution in [0.2, 0.25) is 0 Å². The van der Waals surface area contributed by atoms with Gasteiger partial charge in [-0.25, -0.2) is 8.42 Å². The van der Waals surface area contributed by atoms with Crippen LogP contribution in [0.25, 0.3) is 0 Å². The number of amides is 1. The Balaban J connectivity index is 1.87. The van der Waals surface area contributed by atoms with Crippen LogP contribution in [0.3, 0.4) is 0 Å². The number of sulfonamides is 1. The average Bonchev–Trinajstić information content (AvgIpc) is 3.29. The molecule has 1 aliphatic rings. The first-order valence-corrected chi connectivity index (χ1v) is 11.4. The molecule has 30 heavy (non-hydrogen) atoms. The molecule has 7 nitrogen and oxygen atoms in total. The number of ether oxygens (including phenoxy) is 2. The zero-order valence-corrected chi connectivity index (χ0v) is 18.6. The van der Waals surface area contributed by atoms with Crippen LogP contribution >= 0.6 is 0 Å². The maximum atomic E-state index is 13.0. The molecule has 2 aromatic rings. The highest BCUT2D eigenvalue weighted by Crippen LogP contribution is 2.30. The number of rotatable bonds is 7. The normalized spacial score (nSPS) is 15.6. The van der Waals surface area contributed by atoms with Gasteiger partial charge in [0.25, 0.3) is 5.91 Å². The first-order valence-electron chi connectivity index (χ1n) is 9.91. The van der Waals surface area contributed by atoms with Crippen molar-refractivity contribution in [3.05, 3.63) is 53.1 Å². The lowest BCUT2D eigenvalue weighted by Crippen LogP contribution is -2.30. The van der Waals surface area contributed by atoms with Crippen molar-refractivity contribution in [2.24, 2.45) is 0 Å². The van der Waals surface area contributed by atoms with E-state index in [1.165, 1.54) is 10.4 Å². The number of methoxy groups -OCH3 is 2. The van der Waals surface area contributed by atoms with Crippen LogP contribution in [0.5, 0.6) is 11.5 Å². The van der Waals surface area contributed by atoms with E-state index in [1.807, 2.05) is 13.0 Å². The van der Waals surface area contributed by atoms with Gasteiger partial charge >= 0.3 is 0 Å². The van der Waals surface area contributed by atoms with Crippen molar-refractivity contribution < 1.29 is 22.7 Å². The first-order chi connectivity index (χ1) is 14.3. The summed E-state index contributed by atoms with van der Waals surface area (Å²) < 4.78 is 37.9. The predicted octanol–water partition coefficient (Wildman–Crippen LogP) is 3.29. The van der Waals surface area contributed by atoms with Crippen LogP contribution in [0.15, 0.2) is 41.3 Å². The summed E-state index contributed by atoms with van der Waals surface area (Å²) in [6.07, 6.45) is 1.72. The van der Waals surface area contributed by atoms with E-state index in [4.69, 9.17) is 9.47 Å². The molecule has 0 bridgehead atoms. The molecule has 1 heterocycles. The van der Waals surface area contributed by atoms with Gasteiger partial charge in [0.05, 0.1) is 25.2 Å². The Labute approximate surface area is 178 Å². The molecule has 0 aromatic heterocycles. The number of nitrogens with one attached hydrogen (secondary N) is 1. The number of carbonyl (C=O) groups excluding carboxylic acids is 1. The van der Waals surface area contributed by atoms with E-state index in [0.717, 1.165) is 18.4 Å².